The van der Waals surface area contributed by atoms with E-state index in [1.807, 2.05) is 224 Å². The zero-order valence-electron chi connectivity index (χ0n) is 65.3. The number of allylic oxidation sites excluding steroid dienone is 9. The Labute approximate surface area is 672 Å². The summed E-state index contributed by atoms with van der Waals surface area (Å²) in [7, 11) is 1.84. The van der Waals surface area contributed by atoms with Gasteiger partial charge >= 0.3 is 12.7 Å². The molecule has 596 valence electrons. The van der Waals surface area contributed by atoms with Gasteiger partial charge in [-0.15, -0.1) is 26.3 Å². The van der Waals surface area contributed by atoms with Gasteiger partial charge in [0.2, 0.25) is 0 Å². The monoisotopic (exact) mass is 1590 g/mol. The summed E-state index contributed by atoms with van der Waals surface area (Å²) in [6.07, 6.45) is 12.8. The summed E-state index contributed by atoms with van der Waals surface area (Å²) in [5.74, 6) is -0.304. The number of rotatable bonds is 15. The summed E-state index contributed by atoms with van der Waals surface area (Å²) >= 11 is 0. The SMILES string of the molecule is C=C1C=C(C)C(c2cnn(C)c2)=CN1c1ccc(OC(F)(F)F)cc1.C=C1C=CC(c2cccc(F)c2)=CN1c1ccc(OC(F)(F)F)cc1.C=C1C=CC(c2ccccc2F)=CN1c1ccc(OCC)cc1C.Cc1cccc(-n2cc(-c3c(C)n[nH]c3C)ccc2=O)c1.Cc1cccc(-n2cc(-c3ccc(CO)cc3)ccc2=O)c1. The molecule has 15 rings (SSSR count). The average Bonchev–Trinajstić information content (AvgIpc) is 1.78. The summed E-state index contributed by atoms with van der Waals surface area (Å²) in [5, 5.41) is 20.5. The number of hydrogen-bond acceptors (Lipinski definition) is 11. The molecule has 0 saturated heterocycles. The molecule has 4 aromatic heterocycles. The number of benzene rings is 8. The van der Waals surface area contributed by atoms with Crippen molar-refractivity contribution in [2.45, 2.75) is 67.8 Å². The van der Waals surface area contributed by atoms with Crippen LogP contribution in [0.5, 0.6) is 17.2 Å². The first-order valence-corrected chi connectivity index (χ1v) is 36.8. The normalized spacial score (nSPS) is 13.1. The summed E-state index contributed by atoms with van der Waals surface area (Å²) < 4.78 is 119. The highest BCUT2D eigenvalue weighted by Crippen LogP contribution is 2.38. The first-order chi connectivity index (χ1) is 55.9. The van der Waals surface area contributed by atoms with Gasteiger partial charge in [-0.3, -0.25) is 28.5 Å². The summed E-state index contributed by atoms with van der Waals surface area (Å²) in [5.41, 5.74) is 22.0. The Morgan fingerprint density at radius 3 is 1.56 bits per heavy atom. The van der Waals surface area contributed by atoms with Gasteiger partial charge in [0, 0.05) is 141 Å². The third-order valence-corrected chi connectivity index (χ3v) is 18.5. The van der Waals surface area contributed by atoms with Crippen LogP contribution < -0.4 is 40.0 Å². The maximum atomic E-state index is 14.1. The van der Waals surface area contributed by atoms with Crippen molar-refractivity contribution in [3.05, 3.63) is 411 Å². The fourth-order valence-corrected chi connectivity index (χ4v) is 12.8. The van der Waals surface area contributed by atoms with Crippen LogP contribution in [0.25, 0.3) is 50.3 Å². The van der Waals surface area contributed by atoms with Gasteiger partial charge in [0.15, 0.2) is 0 Å². The minimum absolute atomic E-state index is 0.0308. The van der Waals surface area contributed by atoms with E-state index in [4.69, 9.17) is 9.84 Å². The number of pyridine rings is 2. The highest BCUT2D eigenvalue weighted by molar-refractivity contribution is 5.85. The molecule has 0 saturated carbocycles. The van der Waals surface area contributed by atoms with Crippen LogP contribution in [-0.4, -0.2) is 53.6 Å². The molecule has 0 unspecified atom stereocenters. The zero-order valence-corrected chi connectivity index (χ0v) is 65.3. The second kappa shape index (κ2) is 37.3. The predicted octanol–water partition coefficient (Wildman–Crippen LogP) is 22.2. The van der Waals surface area contributed by atoms with Crippen LogP contribution in [0.3, 0.4) is 0 Å². The molecular formula is C94H83F8N9O6. The van der Waals surface area contributed by atoms with E-state index >= 15 is 0 Å². The third kappa shape index (κ3) is 22.0. The predicted molar refractivity (Wildman–Crippen MR) is 447 cm³/mol. The van der Waals surface area contributed by atoms with Gasteiger partial charge in [-0.2, -0.15) is 10.2 Å². The number of nitrogens with one attached hydrogen (secondary N) is 1. The molecule has 23 heteroatoms. The van der Waals surface area contributed by atoms with Crippen molar-refractivity contribution in [1.29, 1.82) is 0 Å². The summed E-state index contributed by atoms with van der Waals surface area (Å²) in [4.78, 5) is 29.8. The van der Waals surface area contributed by atoms with E-state index < -0.39 is 12.7 Å². The van der Waals surface area contributed by atoms with Crippen LogP contribution in [0.4, 0.5) is 52.2 Å². The Kier molecular flexibility index (Phi) is 26.7. The molecule has 0 spiro atoms. The lowest BCUT2D eigenvalue weighted by Crippen LogP contribution is -2.19. The van der Waals surface area contributed by atoms with E-state index in [-0.39, 0.29) is 40.9 Å². The molecule has 0 radical (unpaired) electrons. The highest BCUT2D eigenvalue weighted by atomic mass is 19.4. The fourth-order valence-electron chi connectivity index (χ4n) is 12.8. The van der Waals surface area contributed by atoms with Gasteiger partial charge in [0.05, 0.1) is 25.1 Å². The van der Waals surface area contributed by atoms with Crippen molar-refractivity contribution in [2.24, 2.45) is 7.05 Å². The number of aromatic nitrogens is 6. The lowest BCUT2D eigenvalue weighted by molar-refractivity contribution is -0.275. The molecule has 8 aromatic carbocycles. The van der Waals surface area contributed by atoms with Crippen molar-refractivity contribution in [3.63, 3.8) is 0 Å². The number of aliphatic hydroxyl groups excluding tert-OH is 1. The number of hydrogen-bond donors (Lipinski definition) is 2. The van der Waals surface area contributed by atoms with E-state index in [2.05, 4.69) is 44.5 Å². The Hall–Kier alpha value is -14.1. The largest absolute Gasteiger partial charge is 0.573 e. The number of nitrogens with zero attached hydrogens (tertiary/aromatic N) is 8. The number of halogens is 8. The van der Waals surface area contributed by atoms with E-state index in [0.717, 1.165) is 118 Å². The van der Waals surface area contributed by atoms with E-state index in [9.17, 15) is 44.7 Å². The number of aliphatic hydroxyl groups is 1. The van der Waals surface area contributed by atoms with Gasteiger partial charge in [-0.05, 0) is 238 Å². The van der Waals surface area contributed by atoms with Crippen molar-refractivity contribution in [3.8, 4) is 50.9 Å². The van der Waals surface area contributed by atoms with Gasteiger partial charge in [0.25, 0.3) is 11.1 Å². The molecule has 3 aliphatic rings. The number of H-pyrrole nitrogens is 1. The van der Waals surface area contributed by atoms with Crippen LogP contribution in [-0.2, 0) is 13.7 Å². The van der Waals surface area contributed by atoms with Crippen LogP contribution in [0.15, 0.2) is 338 Å². The molecule has 7 heterocycles. The molecule has 0 aliphatic carbocycles. The smallest absolute Gasteiger partial charge is 0.494 e. The Morgan fingerprint density at radius 1 is 0.496 bits per heavy atom. The minimum Gasteiger partial charge on any atom is -0.494 e. The summed E-state index contributed by atoms with van der Waals surface area (Å²) in [6, 6.07) is 60.2. The zero-order chi connectivity index (χ0) is 83.8. The fraction of sp³-hybridized carbons (Fsp3) is 0.128. The first-order valence-electron chi connectivity index (χ1n) is 36.8. The number of ether oxygens (including phenoxy) is 3. The lowest BCUT2D eigenvalue weighted by Gasteiger charge is -2.27. The molecule has 0 fully saturated rings. The second-order valence-electron chi connectivity index (χ2n) is 27.2. The van der Waals surface area contributed by atoms with E-state index in [1.165, 1.54) is 54.6 Å². The highest BCUT2D eigenvalue weighted by Gasteiger charge is 2.32. The standard InChI is InChI=1S/C21H20FNO.C19H13F4NO.C19H17NO2.C18H16F3N3O.C17H17N3O/c1-4-24-18-11-12-21(15(2)13-18)23-14-17(10-9-16(23)3)19-7-5-6-8-20(19)22;1-13-5-6-15(14-3-2-4-16(20)11-14)12-24(13)17-7-9-18(10-8-17)25-19(21,22)23;1-14-3-2-4-18(11-14)20-12-17(9-10-19(20)22)16-7-5-15(13-21)6-8-16;1-12-8-13(2)24(11-17(12)14-9-22-23(3)10-14)15-4-6-16(7-5-15)25-18(19,20)21;1-11-5-4-6-15(9-11)20-10-14(7-8-16(20)21)17-12(2)18-19-13(17)3/h5-14H,3-4H2,1-2H3;2-12H,1H2;2-12,21H,13H2,1H3;4-11H,2H2,1,3H3;4-10H,1-3H3,(H,18,19). The van der Waals surface area contributed by atoms with Crippen molar-refractivity contribution < 1.29 is 54.4 Å². The van der Waals surface area contributed by atoms with Crippen LogP contribution in [0.2, 0.25) is 0 Å². The number of alkyl halides is 6. The maximum absolute atomic E-state index is 14.1. The molecule has 0 atom stereocenters. The van der Waals surface area contributed by atoms with Crippen molar-refractivity contribution >= 4 is 33.8 Å². The Morgan fingerprint density at radius 2 is 1.03 bits per heavy atom. The molecule has 15 nitrogen and oxygen atoms in total. The third-order valence-electron chi connectivity index (χ3n) is 18.5. The second-order valence-corrected chi connectivity index (χ2v) is 27.2. The summed E-state index contributed by atoms with van der Waals surface area (Å²) in [6.45, 7) is 26.6. The number of aryl methyl sites for hydroxylation is 6. The first kappa shape index (κ1) is 83.9. The molecule has 117 heavy (non-hydrogen) atoms. The van der Waals surface area contributed by atoms with E-state index in [0.29, 0.717) is 34.8 Å². The van der Waals surface area contributed by atoms with Gasteiger partial charge < -0.3 is 34.0 Å². The molecule has 0 bridgehead atoms. The van der Waals surface area contributed by atoms with Gasteiger partial charge in [-0.25, -0.2) is 8.78 Å². The van der Waals surface area contributed by atoms with Crippen LogP contribution >= 0.6 is 0 Å². The molecular weight excluding hydrogens is 1500 g/mol. The van der Waals surface area contributed by atoms with Gasteiger partial charge in [0.1, 0.15) is 28.9 Å². The quantitative estimate of drug-likeness (QED) is 0.0945. The molecule has 12 aromatic rings. The van der Waals surface area contributed by atoms with Crippen LogP contribution in [0, 0.1) is 46.3 Å². The minimum atomic E-state index is -4.73. The molecule has 0 amide bonds. The molecule has 2 N–H and O–H groups in total. The average molecular weight is 1590 g/mol. The lowest BCUT2D eigenvalue weighted by atomic mass is 9.99. The maximum Gasteiger partial charge on any atom is 0.573 e. The van der Waals surface area contributed by atoms with Gasteiger partial charge in [-0.1, -0.05) is 111 Å². The Bertz CT molecular complexity index is 5920. The van der Waals surface area contributed by atoms with Crippen molar-refractivity contribution in [1.82, 2.24) is 29.1 Å². The van der Waals surface area contributed by atoms with Crippen molar-refractivity contribution in [2.75, 3.05) is 21.3 Å². The Balaban J connectivity index is 0.000000144. The molecule has 3 aliphatic heterocycles. The number of anilines is 3. The topological polar surface area (TPSA) is 148 Å². The van der Waals surface area contributed by atoms with Crippen LogP contribution in [0.1, 0.15) is 64.2 Å². The van der Waals surface area contributed by atoms with E-state index in [1.54, 1.807) is 91.8 Å². The number of aromatic amines is 1.